The van der Waals surface area contributed by atoms with Gasteiger partial charge in [0.2, 0.25) is 10.0 Å². The molecule has 0 spiro atoms. The van der Waals surface area contributed by atoms with E-state index >= 15 is 0 Å². The SMILES string of the molecule is COc1ccc2cc(S(=O)(=O)NCCOc3ccc(C(C)(C)C)cc3)ccc2c1. The van der Waals surface area contributed by atoms with Crippen LogP contribution in [0.1, 0.15) is 26.3 Å². The van der Waals surface area contributed by atoms with Crippen molar-refractivity contribution >= 4 is 20.8 Å². The second-order valence-corrected chi connectivity index (χ2v) is 9.66. The predicted octanol–water partition coefficient (Wildman–Crippen LogP) is 4.50. The quantitative estimate of drug-likeness (QED) is 0.579. The lowest BCUT2D eigenvalue weighted by atomic mass is 9.87. The zero-order chi connectivity index (χ0) is 21.1. The molecule has 29 heavy (non-hydrogen) atoms. The van der Waals surface area contributed by atoms with Crippen LogP contribution in [-0.2, 0) is 15.4 Å². The van der Waals surface area contributed by atoms with Gasteiger partial charge in [-0.1, -0.05) is 45.0 Å². The Morgan fingerprint density at radius 2 is 1.48 bits per heavy atom. The lowest BCUT2D eigenvalue weighted by Crippen LogP contribution is -2.28. The van der Waals surface area contributed by atoms with Crippen LogP contribution < -0.4 is 14.2 Å². The minimum atomic E-state index is -3.61. The van der Waals surface area contributed by atoms with Crippen LogP contribution in [0.25, 0.3) is 10.8 Å². The maximum atomic E-state index is 12.6. The normalized spacial score (nSPS) is 12.1. The monoisotopic (exact) mass is 413 g/mol. The minimum Gasteiger partial charge on any atom is -0.497 e. The summed E-state index contributed by atoms with van der Waals surface area (Å²) < 4.78 is 38.6. The summed E-state index contributed by atoms with van der Waals surface area (Å²) in [5.74, 6) is 1.45. The van der Waals surface area contributed by atoms with E-state index < -0.39 is 10.0 Å². The van der Waals surface area contributed by atoms with E-state index in [1.54, 1.807) is 25.3 Å². The van der Waals surface area contributed by atoms with Crippen molar-refractivity contribution in [3.05, 3.63) is 66.2 Å². The Morgan fingerprint density at radius 1 is 0.862 bits per heavy atom. The summed E-state index contributed by atoms with van der Waals surface area (Å²) >= 11 is 0. The van der Waals surface area contributed by atoms with Crippen LogP contribution in [0, 0.1) is 0 Å². The molecular weight excluding hydrogens is 386 g/mol. The van der Waals surface area contributed by atoms with E-state index in [1.807, 2.05) is 42.5 Å². The highest BCUT2D eigenvalue weighted by Gasteiger charge is 2.15. The number of fused-ring (bicyclic) bond motifs is 1. The van der Waals surface area contributed by atoms with Crippen molar-refractivity contribution < 1.29 is 17.9 Å². The van der Waals surface area contributed by atoms with Crippen LogP contribution in [0.15, 0.2) is 65.6 Å². The van der Waals surface area contributed by atoms with Gasteiger partial charge >= 0.3 is 0 Å². The van der Waals surface area contributed by atoms with Gasteiger partial charge in [0.1, 0.15) is 18.1 Å². The van der Waals surface area contributed by atoms with Gasteiger partial charge in [-0.2, -0.15) is 0 Å². The van der Waals surface area contributed by atoms with Crippen LogP contribution in [-0.4, -0.2) is 28.7 Å². The van der Waals surface area contributed by atoms with Gasteiger partial charge in [0, 0.05) is 6.54 Å². The van der Waals surface area contributed by atoms with Crippen molar-refractivity contribution in [2.24, 2.45) is 0 Å². The number of benzene rings is 3. The number of nitrogens with one attached hydrogen (secondary N) is 1. The van der Waals surface area contributed by atoms with Gasteiger partial charge < -0.3 is 9.47 Å². The first-order valence-corrected chi connectivity index (χ1v) is 11.0. The molecule has 0 atom stereocenters. The number of sulfonamides is 1. The van der Waals surface area contributed by atoms with Gasteiger partial charge in [-0.25, -0.2) is 13.1 Å². The molecule has 0 amide bonds. The lowest BCUT2D eigenvalue weighted by Gasteiger charge is -2.19. The average Bonchev–Trinajstić information content (AvgIpc) is 2.70. The van der Waals surface area contributed by atoms with Crippen molar-refractivity contribution in [1.29, 1.82) is 0 Å². The van der Waals surface area contributed by atoms with Crippen molar-refractivity contribution in [2.45, 2.75) is 31.1 Å². The fourth-order valence-corrected chi connectivity index (χ4v) is 4.02. The third-order valence-electron chi connectivity index (χ3n) is 4.71. The Morgan fingerprint density at radius 3 is 2.14 bits per heavy atom. The highest BCUT2D eigenvalue weighted by atomic mass is 32.2. The van der Waals surface area contributed by atoms with Gasteiger partial charge in [0.25, 0.3) is 0 Å². The molecule has 3 aromatic rings. The summed E-state index contributed by atoms with van der Waals surface area (Å²) in [4.78, 5) is 0.227. The zero-order valence-electron chi connectivity index (χ0n) is 17.2. The molecule has 0 saturated carbocycles. The fourth-order valence-electron chi connectivity index (χ4n) is 2.98. The van der Waals surface area contributed by atoms with E-state index in [9.17, 15) is 8.42 Å². The summed E-state index contributed by atoms with van der Waals surface area (Å²) in [5, 5.41) is 1.76. The second-order valence-electron chi connectivity index (χ2n) is 7.90. The lowest BCUT2D eigenvalue weighted by molar-refractivity contribution is 0.322. The van der Waals surface area contributed by atoms with Crippen molar-refractivity contribution in [3.63, 3.8) is 0 Å². The molecule has 0 aliphatic heterocycles. The highest BCUT2D eigenvalue weighted by Crippen LogP contribution is 2.25. The Bertz CT molecular complexity index is 1080. The van der Waals surface area contributed by atoms with E-state index in [-0.39, 0.29) is 23.5 Å². The molecule has 0 aliphatic carbocycles. The molecule has 0 bridgehead atoms. The molecule has 1 N–H and O–H groups in total. The molecule has 0 heterocycles. The summed E-state index contributed by atoms with van der Waals surface area (Å²) in [6, 6.07) is 18.4. The molecule has 154 valence electrons. The maximum Gasteiger partial charge on any atom is 0.240 e. The molecular formula is C23H27NO4S. The van der Waals surface area contributed by atoms with Crippen LogP contribution in [0.4, 0.5) is 0 Å². The van der Waals surface area contributed by atoms with Crippen molar-refractivity contribution in [3.8, 4) is 11.5 Å². The third kappa shape index (κ3) is 5.28. The molecule has 0 aliphatic rings. The maximum absolute atomic E-state index is 12.6. The average molecular weight is 414 g/mol. The molecule has 5 nitrogen and oxygen atoms in total. The highest BCUT2D eigenvalue weighted by molar-refractivity contribution is 7.89. The standard InChI is InChI=1S/C23H27NO4S/c1-23(2,3)19-7-10-20(11-8-19)28-14-13-24-29(25,26)22-12-6-17-15-21(27-4)9-5-18(17)16-22/h5-12,15-16,24H,13-14H2,1-4H3. The Kier molecular flexibility index (Phi) is 6.15. The number of methoxy groups -OCH3 is 1. The van der Waals surface area contributed by atoms with Gasteiger partial charge in [-0.15, -0.1) is 0 Å². The summed E-state index contributed by atoms with van der Waals surface area (Å²) in [6.45, 7) is 6.89. The second kappa shape index (κ2) is 8.43. The zero-order valence-corrected chi connectivity index (χ0v) is 18.0. The first-order valence-electron chi connectivity index (χ1n) is 9.50. The number of ether oxygens (including phenoxy) is 2. The molecule has 0 saturated heterocycles. The molecule has 0 unspecified atom stereocenters. The smallest absolute Gasteiger partial charge is 0.240 e. The molecule has 0 radical (unpaired) electrons. The van der Waals surface area contributed by atoms with Crippen LogP contribution in [0.3, 0.4) is 0 Å². The first kappa shape index (κ1) is 21.1. The van der Waals surface area contributed by atoms with E-state index in [2.05, 4.69) is 25.5 Å². The fraction of sp³-hybridized carbons (Fsp3) is 0.304. The van der Waals surface area contributed by atoms with Gasteiger partial charge in [-0.05, 0) is 58.1 Å². The predicted molar refractivity (Wildman–Crippen MR) is 116 cm³/mol. The molecule has 3 rings (SSSR count). The van der Waals surface area contributed by atoms with Gasteiger partial charge in [0.15, 0.2) is 0 Å². The Balaban J connectivity index is 1.59. The largest absolute Gasteiger partial charge is 0.497 e. The molecule has 0 aromatic heterocycles. The number of hydrogen-bond acceptors (Lipinski definition) is 4. The van der Waals surface area contributed by atoms with Crippen LogP contribution in [0.2, 0.25) is 0 Å². The number of rotatable bonds is 7. The summed E-state index contributed by atoms with van der Waals surface area (Å²) in [6.07, 6.45) is 0. The van der Waals surface area contributed by atoms with Crippen LogP contribution in [0.5, 0.6) is 11.5 Å². The van der Waals surface area contributed by atoms with Gasteiger partial charge in [-0.3, -0.25) is 0 Å². The topological polar surface area (TPSA) is 64.6 Å². The molecule has 3 aromatic carbocycles. The van der Waals surface area contributed by atoms with Crippen molar-refractivity contribution in [1.82, 2.24) is 4.72 Å². The molecule has 0 fully saturated rings. The Hall–Kier alpha value is -2.57. The van der Waals surface area contributed by atoms with E-state index in [4.69, 9.17) is 9.47 Å². The van der Waals surface area contributed by atoms with Crippen molar-refractivity contribution in [2.75, 3.05) is 20.3 Å². The third-order valence-corrected chi connectivity index (χ3v) is 6.17. The summed E-state index contributed by atoms with van der Waals surface area (Å²) in [7, 11) is -2.01. The van der Waals surface area contributed by atoms with Crippen LogP contribution >= 0.6 is 0 Å². The summed E-state index contributed by atoms with van der Waals surface area (Å²) in [5.41, 5.74) is 1.30. The molecule has 6 heteroatoms. The Labute approximate surface area is 172 Å². The first-order chi connectivity index (χ1) is 13.7. The van der Waals surface area contributed by atoms with E-state index in [0.29, 0.717) is 0 Å². The number of hydrogen-bond donors (Lipinski definition) is 1. The van der Waals surface area contributed by atoms with Gasteiger partial charge in [0.05, 0.1) is 12.0 Å². The van der Waals surface area contributed by atoms with E-state index in [1.165, 1.54) is 5.56 Å². The minimum absolute atomic E-state index is 0.0825. The van der Waals surface area contributed by atoms with E-state index in [0.717, 1.165) is 22.3 Å².